The second kappa shape index (κ2) is 4.32. The maximum Gasteiger partial charge on any atom is 0.418 e. The van der Waals surface area contributed by atoms with Crippen LogP contribution in [0, 0.1) is 6.92 Å². The van der Waals surface area contributed by atoms with Gasteiger partial charge in [0, 0.05) is 12.7 Å². The van der Waals surface area contributed by atoms with Gasteiger partial charge in [-0.05, 0) is 18.1 Å². The van der Waals surface area contributed by atoms with Crippen LogP contribution in [0.15, 0.2) is 6.20 Å². The lowest BCUT2D eigenvalue weighted by Gasteiger charge is -2.17. The fourth-order valence-electron chi connectivity index (χ4n) is 1.41. The van der Waals surface area contributed by atoms with Gasteiger partial charge in [0.05, 0.1) is 5.56 Å². The van der Waals surface area contributed by atoms with Crippen molar-refractivity contribution in [2.75, 3.05) is 0 Å². The second-order valence-corrected chi connectivity index (χ2v) is 3.18. The molecule has 90 valence electrons. The molecule has 0 amide bonds. The fraction of sp³-hybridized carbons (Fsp3) is 0.444. The summed E-state index contributed by atoms with van der Waals surface area (Å²) in [6.45, 7) is 0.891. The SMILES string of the molecule is Cc1cnc(C(F)F)c(C(F)(F)F)c1CN. The predicted octanol–water partition coefficient (Wildman–Crippen LogP) is 2.81. The fourth-order valence-corrected chi connectivity index (χ4v) is 1.41. The van der Waals surface area contributed by atoms with Crippen molar-refractivity contribution >= 4 is 0 Å². The standard InChI is InChI=1S/C9H9F5N2/c1-4-3-16-7(8(10)11)6(5(4)2-15)9(12,13)14/h3,8H,2,15H2,1H3. The molecule has 0 atom stereocenters. The Morgan fingerprint density at radius 2 is 1.94 bits per heavy atom. The van der Waals surface area contributed by atoms with E-state index >= 15 is 0 Å². The number of halogens is 5. The predicted molar refractivity (Wildman–Crippen MR) is 46.8 cm³/mol. The normalized spacial score (nSPS) is 12.2. The van der Waals surface area contributed by atoms with Crippen molar-refractivity contribution < 1.29 is 22.0 Å². The monoisotopic (exact) mass is 240 g/mol. The molecule has 2 nitrogen and oxygen atoms in total. The summed E-state index contributed by atoms with van der Waals surface area (Å²) in [6, 6.07) is 0. The largest absolute Gasteiger partial charge is 0.418 e. The third kappa shape index (κ3) is 2.29. The average molecular weight is 240 g/mol. The van der Waals surface area contributed by atoms with E-state index in [1.807, 2.05) is 0 Å². The Morgan fingerprint density at radius 1 is 1.38 bits per heavy atom. The molecule has 16 heavy (non-hydrogen) atoms. The first-order chi connectivity index (χ1) is 7.29. The lowest BCUT2D eigenvalue weighted by atomic mass is 10.0. The molecule has 0 aliphatic rings. The Kier molecular flexibility index (Phi) is 3.47. The van der Waals surface area contributed by atoms with Crippen molar-refractivity contribution in [3.63, 3.8) is 0 Å². The molecular weight excluding hydrogens is 231 g/mol. The summed E-state index contributed by atoms with van der Waals surface area (Å²) in [4.78, 5) is 3.13. The third-order valence-corrected chi connectivity index (χ3v) is 2.13. The van der Waals surface area contributed by atoms with Gasteiger partial charge in [0.15, 0.2) is 0 Å². The quantitative estimate of drug-likeness (QED) is 0.807. The van der Waals surface area contributed by atoms with E-state index in [0.717, 1.165) is 6.20 Å². The number of pyridine rings is 1. The van der Waals surface area contributed by atoms with Gasteiger partial charge in [-0.3, -0.25) is 4.98 Å². The van der Waals surface area contributed by atoms with Crippen LogP contribution in [0.4, 0.5) is 22.0 Å². The van der Waals surface area contributed by atoms with Gasteiger partial charge in [-0.2, -0.15) is 13.2 Å². The molecule has 1 heterocycles. The number of hydrogen-bond donors (Lipinski definition) is 1. The highest BCUT2D eigenvalue weighted by Crippen LogP contribution is 2.38. The highest BCUT2D eigenvalue weighted by atomic mass is 19.4. The van der Waals surface area contributed by atoms with Crippen molar-refractivity contribution in [1.82, 2.24) is 4.98 Å². The first-order valence-electron chi connectivity index (χ1n) is 4.32. The summed E-state index contributed by atoms with van der Waals surface area (Å²) >= 11 is 0. The minimum atomic E-state index is -4.88. The molecule has 1 rings (SSSR count). The van der Waals surface area contributed by atoms with E-state index in [9.17, 15) is 22.0 Å². The van der Waals surface area contributed by atoms with Gasteiger partial charge in [-0.1, -0.05) is 0 Å². The zero-order valence-electron chi connectivity index (χ0n) is 8.28. The summed E-state index contributed by atoms with van der Waals surface area (Å²) in [5.41, 5.74) is 2.28. The smallest absolute Gasteiger partial charge is 0.326 e. The first kappa shape index (κ1) is 12.8. The molecule has 0 unspecified atom stereocenters. The first-order valence-corrected chi connectivity index (χ1v) is 4.32. The summed E-state index contributed by atoms with van der Waals surface area (Å²) in [6.07, 6.45) is -7.18. The molecule has 0 fully saturated rings. The van der Waals surface area contributed by atoms with E-state index in [4.69, 9.17) is 5.73 Å². The number of aromatic nitrogens is 1. The zero-order valence-corrected chi connectivity index (χ0v) is 8.28. The maximum atomic E-state index is 12.6. The molecule has 7 heteroatoms. The molecular formula is C9H9F5N2. The Bertz CT molecular complexity index is 386. The minimum absolute atomic E-state index is 0.152. The number of nitrogens with zero attached hydrogens (tertiary/aromatic N) is 1. The van der Waals surface area contributed by atoms with Crippen molar-refractivity contribution in [3.05, 3.63) is 28.6 Å². The summed E-state index contributed by atoms with van der Waals surface area (Å²) in [5, 5.41) is 0. The number of rotatable bonds is 2. The Balaban J connectivity index is 3.54. The van der Waals surface area contributed by atoms with Crippen LogP contribution in [0.1, 0.15) is 28.8 Å². The van der Waals surface area contributed by atoms with E-state index < -0.39 is 30.4 Å². The highest BCUT2D eigenvalue weighted by Gasteiger charge is 2.39. The van der Waals surface area contributed by atoms with Crippen LogP contribution in [-0.4, -0.2) is 4.98 Å². The summed E-state index contributed by atoms with van der Waals surface area (Å²) < 4.78 is 62.6. The zero-order chi connectivity index (χ0) is 12.5. The number of alkyl halides is 5. The van der Waals surface area contributed by atoms with Crippen LogP contribution in [-0.2, 0) is 12.7 Å². The lowest BCUT2D eigenvalue weighted by molar-refractivity contribution is -0.140. The van der Waals surface area contributed by atoms with Gasteiger partial charge in [-0.15, -0.1) is 0 Å². The number of nitrogens with two attached hydrogens (primary N) is 1. The van der Waals surface area contributed by atoms with Crippen LogP contribution in [0.5, 0.6) is 0 Å². The molecule has 0 aliphatic carbocycles. The number of hydrogen-bond acceptors (Lipinski definition) is 2. The van der Waals surface area contributed by atoms with Gasteiger partial charge >= 0.3 is 6.18 Å². The van der Waals surface area contributed by atoms with E-state index in [1.165, 1.54) is 6.92 Å². The van der Waals surface area contributed by atoms with E-state index in [1.54, 1.807) is 0 Å². The second-order valence-electron chi connectivity index (χ2n) is 3.18. The van der Waals surface area contributed by atoms with Crippen LogP contribution in [0.2, 0.25) is 0 Å². The lowest BCUT2D eigenvalue weighted by Crippen LogP contribution is -2.18. The van der Waals surface area contributed by atoms with E-state index in [0.29, 0.717) is 0 Å². The van der Waals surface area contributed by atoms with Crippen LogP contribution in [0.25, 0.3) is 0 Å². The molecule has 0 aromatic carbocycles. The van der Waals surface area contributed by atoms with Gasteiger partial charge < -0.3 is 5.73 Å². The Morgan fingerprint density at radius 3 is 2.31 bits per heavy atom. The van der Waals surface area contributed by atoms with Crippen LogP contribution in [0.3, 0.4) is 0 Å². The maximum absolute atomic E-state index is 12.6. The Labute approximate surface area is 88.3 Å². The summed E-state index contributed by atoms with van der Waals surface area (Å²) in [5.74, 6) is 0. The summed E-state index contributed by atoms with van der Waals surface area (Å²) in [7, 11) is 0. The average Bonchev–Trinajstić information content (AvgIpc) is 2.15. The molecule has 0 bridgehead atoms. The molecule has 1 aromatic rings. The van der Waals surface area contributed by atoms with Crippen LogP contribution < -0.4 is 5.73 Å². The van der Waals surface area contributed by atoms with Gasteiger partial charge in [0.25, 0.3) is 6.43 Å². The van der Waals surface area contributed by atoms with E-state index in [-0.39, 0.29) is 11.1 Å². The van der Waals surface area contributed by atoms with Crippen molar-refractivity contribution in [2.45, 2.75) is 26.1 Å². The third-order valence-electron chi connectivity index (χ3n) is 2.13. The molecule has 0 radical (unpaired) electrons. The molecule has 0 aliphatic heterocycles. The molecule has 2 N–H and O–H groups in total. The van der Waals surface area contributed by atoms with Crippen molar-refractivity contribution in [2.24, 2.45) is 5.73 Å². The van der Waals surface area contributed by atoms with Gasteiger partial charge in [0.1, 0.15) is 5.69 Å². The molecule has 1 aromatic heterocycles. The topological polar surface area (TPSA) is 38.9 Å². The van der Waals surface area contributed by atoms with E-state index in [2.05, 4.69) is 4.98 Å². The molecule has 0 saturated heterocycles. The minimum Gasteiger partial charge on any atom is -0.326 e. The number of aryl methyl sites for hydroxylation is 1. The Hall–Kier alpha value is -1.24. The van der Waals surface area contributed by atoms with Crippen LogP contribution >= 0.6 is 0 Å². The van der Waals surface area contributed by atoms with Crippen molar-refractivity contribution in [3.8, 4) is 0 Å². The van der Waals surface area contributed by atoms with Gasteiger partial charge in [-0.25, -0.2) is 8.78 Å². The van der Waals surface area contributed by atoms with Crippen molar-refractivity contribution in [1.29, 1.82) is 0 Å². The molecule has 0 saturated carbocycles. The van der Waals surface area contributed by atoms with Gasteiger partial charge in [0.2, 0.25) is 0 Å². The molecule has 0 spiro atoms. The highest BCUT2D eigenvalue weighted by molar-refractivity contribution is 5.38.